The lowest BCUT2D eigenvalue weighted by molar-refractivity contribution is -0.148. The summed E-state index contributed by atoms with van der Waals surface area (Å²) in [5, 5.41) is 4.23. The molecule has 0 saturated carbocycles. The van der Waals surface area contributed by atoms with Crippen molar-refractivity contribution >= 4 is 27.9 Å². The first-order valence-electron chi connectivity index (χ1n) is 8.65. The van der Waals surface area contributed by atoms with Crippen molar-refractivity contribution < 1.29 is 17.6 Å². The molecule has 1 aromatic carbocycles. The first kappa shape index (κ1) is 17.1. The molecule has 8 heteroatoms. The highest BCUT2D eigenvalue weighted by atomic mass is 19.4. The monoisotopic (exact) mass is 364 g/mol. The van der Waals surface area contributed by atoms with E-state index in [2.05, 4.69) is 15.3 Å². The zero-order valence-corrected chi connectivity index (χ0v) is 14.1. The maximum atomic E-state index is 12.5. The predicted octanol–water partition coefficient (Wildman–Crippen LogP) is 4.06. The molecular formula is C18H19F3N4O. The molecule has 3 aromatic rings. The minimum atomic E-state index is -4.13. The highest BCUT2D eigenvalue weighted by molar-refractivity contribution is 6.05. The Hall–Kier alpha value is -2.35. The number of alkyl halides is 3. The van der Waals surface area contributed by atoms with Crippen molar-refractivity contribution in [3.63, 3.8) is 0 Å². The molecule has 3 heterocycles. The van der Waals surface area contributed by atoms with E-state index >= 15 is 0 Å². The van der Waals surface area contributed by atoms with Crippen LogP contribution < -0.4 is 5.32 Å². The Morgan fingerprint density at radius 1 is 1.15 bits per heavy atom. The summed E-state index contributed by atoms with van der Waals surface area (Å²) in [5.74, 6) is 0.942. The molecule has 5 nitrogen and oxygen atoms in total. The van der Waals surface area contributed by atoms with Crippen LogP contribution in [-0.4, -0.2) is 47.2 Å². The van der Waals surface area contributed by atoms with Crippen molar-refractivity contribution in [3.8, 4) is 0 Å². The van der Waals surface area contributed by atoms with Crippen molar-refractivity contribution in [2.75, 3.05) is 31.5 Å². The van der Waals surface area contributed by atoms with Crippen molar-refractivity contribution in [1.29, 1.82) is 0 Å². The van der Waals surface area contributed by atoms with Gasteiger partial charge in [0.2, 0.25) is 0 Å². The molecule has 4 rings (SSSR count). The maximum Gasteiger partial charge on any atom is 0.401 e. The lowest BCUT2D eigenvalue weighted by Gasteiger charge is -2.32. The van der Waals surface area contributed by atoms with Gasteiger partial charge in [-0.3, -0.25) is 4.90 Å². The second kappa shape index (κ2) is 6.75. The number of benzene rings is 1. The summed E-state index contributed by atoms with van der Waals surface area (Å²) in [5.41, 5.74) is 2.13. The van der Waals surface area contributed by atoms with Gasteiger partial charge in [0.05, 0.1) is 6.54 Å². The van der Waals surface area contributed by atoms with Gasteiger partial charge in [0.1, 0.15) is 17.4 Å². The van der Waals surface area contributed by atoms with E-state index in [9.17, 15) is 13.2 Å². The number of likely N-dealkylation sites (tertiary alicyclic amines) is 1. The number of aromatic nitrogens is 2. The second-order valence-corrected chi connectivity index (χ2v) is 6.71. The average Bonchev–Trinajstić information content (AvgIpc) is 2.99. The summed E-state index contributed by atoms with van der Waals surface area (Å²) in [4.78, 5) is 10.1. The molecule has 2 aromatic heterocycles. The Kier molecular flexibility index (Phi) is 4.44. The van der Waals surface area contributed by atoms with Crippen LogP contribution in [0.1, 0.15) is 12.8 Å². The van der Waals surface area contributed by atoms with Crippen LogP contribution >= 0.6 is 0 Å². The summed E-state index contributed by atoms with van der Waals surface area (Å²) in [6.45, 7) is 0.771. The van der Waals surface area contributed by atoms with E-state index in [4.69, 9.17) is 4.42 Å². The second-order valence-electron chi connectivity index (χ2n) is 6.71. The van der Waals surface area contributed by atoms with Crippen LogP contribution in [0.25, 0.3) is 22.1 Å². The molecular weight excluding hydrogens is 345 g/mol. The molecule has 1 aliphatic rings. The van der Waals surface area contributed by atoms with Crippen LogP contribution in [-0.2, 0) is 0 Å². The van der Waals surface area contributed by atoms with Crippen molar-refractivity contribution in [2.45, 2.75) is 19.0 Å². The fourth-order valence-corrected chi connectivity index (χ4v) is 3.49. The number of nitrogens with one attached hydrogen (secondary N) is 1. The number of para-hydroxylation sites is 1. The summed E-state index contributed by atoms with van der Waals surface area (Å²) >= 11 is 0. The van der Waals surface area contributed by atoms with Gasteiger partial charge in [0, 0.05) is 11.9 Å². The van der Waals surface area contributed by atoms with Gasteiger partial charge in [-0.25, -0.2) is 9.97 Å². The Morgan fingerprint density at radius 3 is 2.69 bits per heavy atom. The Bertz CT molecular complexity index is 900. The smallest absolute Gasteiger partial charge is 0.401 e. The summed E-state index contributed by atoms with van der Waals surface area (Å²) in [7, 11) is 0. The highest BCUT2D eigenvalue weighted by Gasteiger charge is 2.32. The van der Waals surface area contributed by atoms with Crippen molar-refractivity contribution in [3.05, 3.63) is 30.6 Å². The first-order chi connectivity index (χ1) is 12.5. The van der Waals surface area contributed by atoms with Gasteiger partial charge in [-0.1, -0.05) is 12.1 Å². The molecule has 1 saturated heterocycles. The van der Waals surface area contributed by atoms with E-state index in [0.717, 1.165) is 29.3 Å². The lowest BCUT2D eigenvalue weighted by Crippen LogP contribution is -2.41. The highest BCUT2D eigenvalue weighted by Crippen LogP contribution is 2.30. The maximum absolute atomic E-state index is 12.5. The van der Waals surface area contributed by atoms with Gasteiger partial charge < -0.3 is 9.73 Å². The molecule has 26 heavy (non-hydrogen) atoms. The molecule has 0 spiro atoms. The number of furan rings is 1. The van der Waals surface area contributed by atoms with E-state index in [1.54, 1.807) is 0 Å². The fourth-order valence-electron chi connectivity index (χ4n) is 3.49. The van der Waals surface area contributed by atoms with Crippen LogP contribution in [0.3, 0.4) is 0 Å². The normalized spacial score (nSPS) is 17.2. The first-order valence-corrected chi connectivity index (χ1v) is 8.65. The van der Waals surface area contributed by atoms with E-state index in [1.165, 1.54) is 11.2 Å². The van der Waals surface area contributed by atoms with Gasteiger partial charge in [0.25, 0.3) is 0 Å². The minimum absolute atomic E-state index is 0.314. The Morgan fingerprint density at radius 2 is 1.92 bits per heavy atom. The molecule has 0 radical (unpaired) electrons. The molecule has 0 atom stereocenters. The standard InChI is InChI=1S/C18H19F3N4O/c19-18(20,21)10-25-7-5-12(6-8-25)9-22-17-16-15(23-11-24-17)13-3-1-2-4-14(13)26-16/h1-4,11-12H,5-10H2,(H,22,23,24). The van der Waals surface area contributed by atoms with Crippen LogP contribution in [0, 0.1) is 5.92 Å². The fraction of sp³-hybridized carbons (Fsp3) is 0.444. The Labute approximate surface area is 148 Å². The van der Waals surface area contributed by atoms with Gasteiger partial charge >= 0.3 is 6.18 Å². The van der Waals surface area contributed by atoms with Crippen LogP contribution in [0.15, 0.2) is 35.0 Å². The number of anilines is 1. The van der Waals surface area contributed by atoms with Crippen LogP contribution in [0.2, 0.25) is 0 Å². The van der Waals surface area contributed by atoms with Crippen molar-refractivity contribution in [2.24, 2.45) is 5.92 Å². The molecule has 138 valence electrons. The number of piperidine rings is 1. The molecule has 1 N–H and O–H groups in total. The zero-order chi connectivity index (χ0) is 18.1. The molecule has 0 amide bonds. The number of hydrogen-bond acceptors (Lipinski definition) is 5. The SMILES string of the molecule is FC(F)(F)CN1CCC(CNc2ncnc3c2oc2ccccc23)CC1. The van der Waals surface area contributed by atoms with Crippen LogP contribution in [0.4, 0.5) is 19.0 Å². The molecule has 0 bridgehead atoms. The number of rotatable bonds is 4. The number of hydrogen-bond donors (Lipinski definition) is 1. The van der Waals surface area contributed by atoms with E-state index in [0.29, 0.717) is 37.0 Å². The zero-order valence-electron chi connectivity index (χ0n) is 14.1. The van der Waals surface area contributed by atoms with E-state index in [-0.39, 0.29) is 0 Å². The van der Waals surface area contributed by atoms with Gasteiger partial charge in [-0.15, -0.1) is 0 Å². The molecule has 1 fully saturated rings. The molecule has 0 unspecified atom stereocenters. The summed E-state index contributed by atoms with van der Waals surface area (Å²) in [6, 6.07) is 7.67. The Balaban J connectivity index is 1.41. The van der Waals surface area contributed by atoms with Gasteiger partial charge in [-0.05, 0) is 44.0 Å². The van der Waals surface area contributed by atoms with Crippen LogP contribution in [0.5, 0.6) is 0 Å². The number of nitrogens with zero attached hydrogens (tertiary/aromatic N) is 3. The lowest BCUT2D eigenvalue weighted by atomic mass is 9.97. The van der Waals surface area contributed by atoms with Gasteiger partial charge in [-0.2, -0.15) is 13.2 Å². The van der Waals surface area contributed by atoms with E-state index < -0.39 is 12.7 Å². The summed E-state index contributed by atoms with van der Waals surface area (Å²) < 4.78 is 43.3. The summed E-state index contributed by atoms with van der Waals surface area (Å²) in [6.07, 6.45) is -1.16. The largest absolute Gasteiger partial charge is 0.450 e. The predicted molar refractivity (Wildman–Crippen MR) is 93.0 cm³/mol. The van der Waals surface area contributed by atoms with Gasteiger partial charge in [0.15, 0.2) is 11.4 Å². The third-order valence-electron chi connectivity index (χ3n) is 4.83. The van der Waals surface area contributed by atoms with E-state index in [1.807, 2.05) is 24.3 Å². The average molecular weight is 364 g/mol. The molecule has 0 aliphatic carbocycles. The topological polar surface area (TPSA) is 54.2 Å². The molecule has 1 aliphatic heterocycles. The minimum Gasteiger partial charge on any atom is -0.450 e. The third kappa shape index (κ3) is 3.60. The van der Waals surface area contributed by atoms with Crippen molar-refractivity contribution in [1.82, 2.24) is 14.9 Å². The quantitative estimate of drug-likeness (QED) is 0.757. The third-order valence-corrected chi connectivity index (χ3v) is 4.83. The number of fused-ring (bicyclic) bond motifs is 3. The number of halogens is 3.